The first-order valence-electron chi connectivity index (χ1n) is 7.79. The highest BCUT2D eigenvalue weighted by Crippen LogP contribution is 2.20. The molecule has 2 atom stereocenters. The molecule has 2 unspecified atom stereocenters. The van der Waals surface area contributed by atoms with Crippen LogP contribution in [-0.2, 0) is 6.42 Å². The standard InChI is InChI=1S/C16H26N2O2S/c1-12(10-15-4-3-9-21-15)11-17-16(20)18-7-5-14(6-8-18)13(2)19/h3-4,9,12-14,19H,5-8,10-11H2,1-2H3,(H,17,20). The zero-order valence-electron chi connectivity index (χ0n) is 12.9. The number of likely N-dealkylation sites (tertiary alicyclic amines) is 1. The number of carbonyl (C=O) groups is 1. The van der Waals surface area contributed by atoms with Crippen molar-refractivity contribution in [3.63, 3.8) is 0 Å². The lowest BCUT2D eigenvalue weighted by Crippen LogP contribution is -2.46. The Morgan fingerprint density at radius 2 is 2.19 bits per heavy atom. The predicted octanol–water partition coefficient (Wildman–Crippen LogP) is 2.73. The second-order valence-corrected chi connectivity index (χ2v) is 7.17. The van der Waals surface area contributed by atoms with Gasteiger partial charge in [0.2, 0.25) is 0 Å². The monoisotopic (exact) mass is 310 g/mol. The number of rotatable bonds is 5. The number of aliphatic hydroxyl groups is 1. The molecule has 2 N–H and O–H groups in total. The number of urea groups is 1. The molecule has 0 aliphatic carbocycles. The van der Waals surface area contributed by atoms with Gasteiger partial charge in [0.25, 0.3) is 0 Å². The number of carbonyl (C=O) groups excluding carboxylic acids is 1. The highest BCUT2D eigenvalue weighted by atomic mass is 32.1. The maximum atomic E-state index is 12.1. The second kappa shape index (κ2) is 7.80. The van der Waals surface area contributed by atoms with E-state index < -0.39 is 0 Å². The quantitative estimate of drug-likeness (QED) is 0.878. The van der Waals surface area contributed by atoms with E-state index in [4.69, 9.17) is 0 Å². The average molecular weight is 310 g/mol. The van der Waals surface area contributed by atoms with Crippen molar-refractivity contribution in [2.45, 2.75) is 39.2 Å². The van der Waals surface area contributed by atoms with Crippen LogP contribution in [-0.4, -0.2) is 41.8 Å². The molecule has 5 heteroatoms. The highest BCUT2D eigenvalue weighted by Gasteiger charge is 2.25. The first-order valence-corrected chi connectivity index (χ1v) is 8.67. The van der Waals surface area contributed by atoms with Gasteiger partial charge in [-0.2, -0.15) is 0 Å². The maximum Gasteiger partial charge on any atom is 0.317 e. The Morgan fingerprint density at radius 1 is 1.48 bits per heavy atom. The Bertz CT molecular complexity index is 425. The van der Waals surface area contributed by atoms with E-state index in [-0.39, 0.29) is 12.1 Å². The molecule has 2 amide bonds. The van der Waals surface area contributed by atoms with Crippen LogP contribution in [0.15, 0.2) is 17.5 Å². The topological polar surface area (TPSA) is 52.6 Å². The summed E-state index contributed by atoms with van der Waals surface area (Å²) in [5.74, 6) is 0.786. The van der Waals surface area contributed by atoms with E-state index in [1.165, 1.54) is 4.88 Å². The Kier molecular flexibility index (Phi) is 6.06. The molecule has 0 radical (unpaired) electrons. The van der Waals surface area contributed by atoms with Gasteiger partial charge in [-0.1, -0.05) is 13.0 Å². The molecular formula is C16H26N2O2S. The predicted molar refractivity (Wildman–Crippen MR) is 86.6 cm³/mol. The van der Waals surface area contributed by atoms with E-state index in [0.29, 0.717) is 18.4 Å². The van der Waals surface area contributed by atoms with E-state index >= 15 is 0 Å². The van der Waals surface area contributed by atoms with Crippen molar-refractivity contribution >= 4 is 17.4 Å². The summed E-state index contributed by atoms with van der Waals surface area (Å²) in [5.41, 5.74) is 0. The summed E-state index contributed by atoms with van der Waals surface area (Å²) in [6.07, 6.45) is 2.55. The Labute approximate surface area is 131 Å². The fraction of sp³-hybridized carbons (Fsp3) is 0.688. The van der Waals surface area contributed by atoms with Crippen molar-refractivity contribution < 1.29 is 9.90 Å². The fourth-order valence-corrected chi connectivity index (χ4v) is 3.67. The number of hydrogen-bond donors (Lipinski definition) is 2. The molecular weight excluding hydrogens is 284 g/mol. The van der Waals surface area contributed by atoms with E-state index in [1.54, 1.807) is 11.3 Å². The summed E-state index contributed by atoms with van der Waals surface area (Å²) in [5, 5.41) is 14.7. The number of nitrogens with zero attached hydrogens (tertiary/aromatic N) is 1. The van der Waals surface area contributed by atoms with Crippen LogP contribution in [0.3, 0.4) is 0 Å². The zero-order chi connectivity index (χ0) is 15.2. The van der Waals surface area contributed by atoms with Crippen molar-refractivity contribution in [1.29, 1.82) is 0 Å². The Morgan fingerprint density at radius 3 is 2.76 bits per heavy atom. The molecule has 0 bridgehead atoms. The normalized spacial score (nSPS) is 19.3. The van der Waals surface area contributed by atoms with Gasteiger partial charge in [0, 0.05) is 24.5 Å². The second-order valence-electron chi connectivity index (χ2n) is 6.14. The summed E-state index contributed by atoms with van der Waals surface area (Å²) in [7, 11) is 0. The fourth-order valence-electron chi connectivity index (χ4n) is 2.80. The van der Waals surface area contributed by atoms with Crippen LogP contribution < -0.4 is 5.32 Å². The molecule has 2 heterocycles. The van der Waals surface area contributed by atoms with Gasteiger partial charge in [-0.25, -0.2) is 4.79 Å². The van der Waals surface area contributed by atoms with Gasteiger partial charge in [-0.05, 0) is 49.5 Å². The van der Waals surface area contributed by atoms with Crippen LogP contribution >= 0.6 is 11.3 Å². The number of nitrogens with one attached hydrogen (secondary N) is 1. The van der Waals surface area contributed by atoms with E-state index in [2.05, 4.69) is 29.8 Å². The lowest BCUT2D eigenvalue weighted by Gasteiger charge is -2.33. The molecule has 1 aliphatic rings. The smallest absolute Gasteiger partial charge is 0.317 e. The molecule has 118 valence electrons. The summed E-state index contributed by atoms with van der Waals surface area (Å²) in [6, 6.07) is 4.25. The minimum atomic E-state index is -0.263. The van der Waals surface area contributed by atoms with E-state index in [1.807, 2.05) is 11.8 Å². The lowest BCUT2D eigenvalue weighted by molar-refractivity contribution is 0.0797. The first kappa shape index (κ1) is 16.3. The van der Waals surface area contributed by atoms with Gasteiger partial charge in [0.05, 0.1) is 6.10 Å². The Hall–Kier alpha value is -1.07. The molecule has 1 aromatic rings. The first-order chi connectivity index (χ1) is 10.1. The lowest BCUT2D eigenvalue weighted by atomic mass is 9.92. The molecule has 1 saturated heterocycles. The molecule has 1 aliphatic heterocycles. The summed E-state index contributed by atoms with van der Waals surface area (Å²) >= 11 is 1.77. The van der Waals surface area contributed by atoms with Crippen molar-refractivity contribution in [2.75, 3.05) is 19.6 Å². The average Bonchev–Trinajstić information content (AvgIpc) is 2.97. The molecule has 21 heavy (non-hydrogen) atoms. The minimum absolute atomic E-state index is 0.0390. The molecule has 2 rings (SSSR count). The van der Waals surface area contributed by atoms with Gasteiger partial charge in [0.1, 0.15) is 0 Å². The molecule has 1 aromatic heterocycles. The zero-order valence-corrected chi connectivity index (χ0v) is 13.7. The number of piperidine rings is 1. The van der Waals surface area contributed by atoms with Crippen molar-refractivity contribution in [1.82, 2.24) is 10.2 Å². The minimum Gasteiger partial charge on any atom is -0.393 e. The summed E-state index contributed by atoms with van der Waals surface area (Å²) in [4.78, 5) is 15.4. The molecule has 0 spiro atoms. The third-order valence-corrected chi connectivity index (χ3v) is 5.14. The van der Waals surface area contributed by atoms with Gasteiger partial charge in [-0.3, -0.25) is 0 Å². The molecule has 4 nitrogen and oxygen atoms in total. The molecule has 1 fully saturated rings. The van der Waals surface area contributed by atoms with Crippen LogP contribution in [0.1, 0.15) is 31.6 Å². The Balaban J connectivity index is 1.68. The number of amides is 2. The van der Waals surface area contributed by atoms with Crippen LogP contribution in [0.5, 0.6) is 0 Å². The van der Waals surface area contributed by atoms with Gasteiger partial charge >= 0.3 is 6.03 Å². The van der Waals surface area contributed by atoms with E-state index in [9.17, 15) is 9.90 Å². The molecule has 0 aromatic carbocycles. The van der Waals surface area contributed by atoms with Gasteiger partial charge in [-0.15, -0.1) is 11.3 Å². The number of aliphatic hydroxyl groups excluding tert-OH is 1. The van der Waals surface area contributed by atoms with E-state index in [0.717, 1.165) is 32.4 Å². The highest BCUT2D eigenvalue weighted by molar-refractivity contribution is 7.09. The summed E-state index contributed by atoms with van der Waals surface area (Å²) in [6.45, 7) is 6.22. The third-order valence-electron chi connectivity index (χ3n) is 4.24. The van der Waals surface area contributed by atoms with Crippen LogP contribution in [0.25, 0.3) is 0 Å². The van der Waals surface area contributed by atoms with Crippen molar-refractivity contribution in [2.24, 2.45) is 11.8 Å². The maximum absolute atomic E-state index is 12.1. The third kappa shape index (κ3) is 5.00. The largest absolute Gasteiger partial charge is 0.393 e. The number of hydrogen-bond acceptors (Lipinski definition) is 3. The SMILES string of the molecule is CC(CNC(=O)N1CCC(C(C)O)CC1)Cc1cccs1. The summed E-state index contributed by atoms with van der Waals surface area (Å²) < 4.78 is 0. The number of thiophene rings is 1. The van der Waals surface area contributed by atoms with Gasteiger partial charge < -0.3 is 15.3 Å². The molecule has 0 saturated carbocycles. The van der Waals surface area contributed by atoms with Crippen LogP contribution in [0.2, 0.25) is 0 Å². The van der Waals surface area contributed by atoms with Crippen LogP contribution in [0.4, 0.5) is 4.79 Å². The van der Waals surface area contributed by atoms with Gasteiger partial charge in [0.15, 0.2) is 0 Å². The van der Waals surface area contributed by atoms with Crippen molar-refractivity contribution in [3.8, 4) is 0 Å². The van der Waals surface area contributed by atoms with Crippen molar-refractivity contribution in [3.05, 3.63) is 22.4 Å². The van der Waals surface area contributed by atoms with Crippen LogP contribution in [0, 0.1) is 11.8 Å².